The van der Waals surface area contributed by atoms with Gasteiger partial charge >= 0.3 is 17.6 Å². The summed E-state index contributed by atoms with van der Waals surface area (Å²) in [6.07, 6.45) is 3.50. The monoisotopic (exact) mass is 428 g/mol. The van der Waals surface area contributed by atoms with Gasteiger partial charge in [-0.15, -0.1) is 0 Å². The number of carbonyl (C=O) groups excluding carboxylic acids is 2. The van der Waals surface area contributed by atoms with E-state index in [4.69, 9.17) is 18.6 Å². The summed E-state index contributed by atoms with van der Waals surface area (Å²) in [7, 11) is 0. The van der Waals surface area contributed by atoms with Crippen molar-refractivity contribution >= 4 is 22.9 Å². The van der Waals surface area contributed by atoms with E-state index in [2.05, 4.69) is 0 Å². The molecule has 2 aromatic rings. The van der Waals surface area contributed by atoms with E-state index < -0.39 is 35.4 Å². The number of ether oxygens (including phenoxy) is 3. The summed E-state index contributed by atoms with van der Waals surface area (Å²) >= 11 is 0. The molecule has 2 atom stereocenters. The Bertz CT molecular complexity index is 1050. The van der Waals surface area contributed by atoms with Crippen molar-refractivity contribution < 1.29 is 28.2 Å². The third-order valence-electron chi connectivity index (χ3n) is 5.13. The number of fused-ring (bicyclic) bond motifs is 3. The molecule has 2 unspecified atom stereocenters. The number of carbonyl (C=O) groups is 2. The van der Waals surface area contributed by atoms with Crippen molar-refractivity contribution in [2.24, 2.45) is 0 Å². The van der Waals surface area contributed by atoms with Gasteiger partial charge in [0.05, 0.1) is 5.56 Å². The second-order valence-corrected chi connectivity index (χ2v) is 8.04. The Morgan fingerprint density at radius 3 is 2.58 bits per heavy atom. The molecule has 0 saturated carbocycles. The normalized spacial score (nSPS) is 19.6. The van der Waals surface area contributed by atoms with Gasteiger partial charge in [-0.05, 0) is 44.9 Å². The zero-order valence-corrected chi connectivity index (χ0v) is 18.3. The van der Waals surface area contributed by atoms with Crippen LogP contribution in [-0.4, -0.2) is 23.6 Å². The fourth-order valence-electron chi connectivity index (χ4n) is 3.58. The van der Waals surface area contributed by atoms with E-state index in [1.165, 1.54) is 12.1 Å². The van der Waals surface area contributed by atoms with Gasteiger partial charge in [-0.1, -0.05) is 26.3 Å². The molecule has 0 radical (unpaired) electrons. The molecular formula is C24H28O7. The average Bonchev–Trinajstić information content (AvgIpc) is 2.72. The molecule has 0 amide bonds. The molecule has 7 nitrogen and oxygen atoms in total. The van der Waals surface area contributed by atoms with Crippen LogP contribution in [0, 0.1) is 0 Å². The lowest BCUT2D eigenvalue weighted by atomic mass is 9.87. The quantitative estimate of drug-likeness (QED) is 0.361. The van der Waals surface area contributed by atoms with Crippen molar-refractivity contribution in [3.63, 3.8) is 0 Å². The summed E-state index contributed by atoms with van der Waals surface area (Å²) in [5.41, 5.74) is -0.905. The van der Waals surface area contributed by atoms with Gasteiger partial charge in [-0.2, -0.15) is 0 Å². The summed E-state index contributed by atoms with van der Waals surface area (Å²) in [6, 6.07) is 6.45. The molecule has 1 aliphatic heterocycles. The molecule has 31 heavy (non-hydrogen) atoms. The Morgan fingerprint density at radius 2 is 1.87 bits per heavy atom. The van der Waals surface area contributed by atoms with Crippen LogP contribution in [0.5, 0.6) is 5.75 Å². The fraction of sp³-hybridized carbons (Fsp3) is 0.458. The zero-order chi connectivity index (χ0) is 22.6. The average molecular weight is 428 g/mol. The van der Waals surface area contributed by atoms with E-state index in [0.717, 1.165) is 6.42 Å². The largest absolute Gasteiger partial charge is 0.483 e. The summed E-state index contributed by atoms with van der Waals surface area (Å²) in [4.78, 5) is 36.9. The van der Waals surface area contributed by atoms with Crippen LogP contribution in [0.3, 0.4) is 0 Å². The van der Waals surface area contributed by atoms with Crippen molar-refractivity contribution in [2.75, 3.05) is 0 Å². The molecule has 1 aromatic carbocycles. The lowest BCUT2D eigenvalue weighted by Crippen LogP contribution is -2.52. The first kappa shape index (κ1) is 22.6. The highest BCUT2D eigenvalue weighted by atomic mass is 16.6. The van der Waals surface area contributed by atoms with Gasteiger partial charge in [0.1, 0.15) is 16.9 Å². The van der Waals surface area contributed by atoms with Crippen LogP contribution >= 0.6 is 0 Å². The maximum absolute atomic E-state index is 12.6. The van der Waals surface area contributed by atoms with Gasteiger partial charge in [0.15, 0.2) is 12.2 Å². The van der Waals surface area contributed by atoms with Crippen molar-refractivity contribution in [1.82, 2.24) is 0 Å². The number of hydrogen-bond acceptors (Lipinski definition) is 7. The molecule has 0 N–H and O–H groups in total. The van der Waals surface area contributed by atoms with E-state index in [-0.39, 0.29) is 12.0 Å². The molecule has 1 aliphatic rings. The Kier molecular flexibility index (Phi) is 6.83. The SMILES string of the molecule is CCC=CC(=O)OC1C(OC(=O)CCCC)c2c(ccc3ccc(=O)oc23)OC1(C)C. The van der Waals surface area contributed by atoms with Crippen LogP contribution in [0.4, 0.5) is 0 Å². The Morgan fingerprint density at radius 1 is 1.13 bits per heavy atom. The molecule has 0 spiro atoms. The second kappa shape index (κ2) is 9.37. The first-order valence-corrected chi connectivity index (χ1v) is 10.6. The van der Waals surface area contributed by atoms with Gasteiger partial charge in [0.2, 0.25) is 0 Å². The lowest BCUT2D eigenvalue weighted by Gasteiger charge is -2.43. The van der Waals surface area contributed by atoms with Crippen LogP contribution in [-0.2, 0) is 19.1 Å². The van der Waals surface area contributed by atoms with Crippen molar-refractivity contribution in [3.8, 4) is 5.75 Å². The highest BCUT2D eigenvalue weighted by Crippen LogP contribution is 2.46. The summed E-state index contributed by atoms with van der Waals surface area (Å²) in [5.74, 6) is -0.573. The topological polar surface area (TPSA) is 92.0 Å². The van der Waals surface area contributed by atoms with Crippen LogP contribution in [0.1, 0.15) is 65.0 Å². The zero-order valence-electron chi connectivity index (χ0n) is 18.3. The first-order chi connectivity index (χ1) is 14.8. The third-order valence-corrected chi connectivity index (χ3v) is 5.13. The standard InChI is InChI=1S/C24H28O7/c1-5-7-9-17(25)29-22-20-16(13-11-15-12-14-19(27)28-21(15)20)31-24(3,4)23(22)30-18(26)10-8-6-2/h8,10-14,22-23H,5-7,9H2,1-4H3. The van der Waals surface area contributed by atoms with Gasteiger partial charge < -0.3 is 18.6 Å². The van der Waals surface area contributed by atoms with Gasteiger partial charge in [0.25, 0.3) is 0 Å². The molecule has 0 saturated heterocycles. The minimum Gasteiger partial charge on any atom is -0.483 e. The number of esters is 2. The molecule has 2 heterocycles. The Hall–Kier alpha value is -3.09. The smallest absolute Gasteiger partial charge is 0.336 e. The van der Waals surface area contributed by atoms with Gasteiger partial charge in [-0.25, -0.2) is 9.59 Å². The number of rotatable bonds is 7. The molecule has 0 bridgehead atoms. The molecule has 3 rings (SSSR count). The molecule has 0 aliphatic carbocycles. The van der Waals surface area contributed by atoms with Crippen molar-refractivity contribution in [1.29, 1.82) is 0 Å². The molecule has 7 heteroatoms. The molecule has 166 valence electrons. The number of benzene rings is 1. The van der Waals surface area contributed by atoms with Crippen LogP contribution in [0.2, 0.25) is 0 Å². The summed E-state index contributed by atoms with van der Waals surface area (Å²) in [6.45, 7) is 7.40. The summed E-state index contributed by atoms with van der Waals surface area (Å²) in [5, 5.41) is 0.646. The van der Waals surface area contributed by atoms with Crippen molar-refractivity contribution in [3.05, 3.63) is 52.4 Å². The molecule has 1 aromatic heterocycles. The fourth-order valence-corrected chi connectivity index (χ4v) is 3.58. The third kappa shape index (κ3) is 4.98. The number of allylic oxidation sites excluding steroid dienone is 1. The second-order valence-electron chi connectivity index (χ2n) is 8.04. The first-order valence-electron chi connectivity index (χ1n) is 10.6. The molecule has 0 fully saturated rings. The van der Waals surface area contributed by atoms with Crippen LogP contribution < -0.4 is 10.4 Å². The number of unbranched alkanes of at least 4 members (excludes halogenated alkanes) is 1. The lowest BCUT2D eigenvalue weighted by molar-refractivity contribution is -0.187. The van der Waals surface area contributed by atoms with Crippen LogP contribution in [0.15, 0.2) is 45.6 Å². The predicted molar refractivity (Wildman–Crippen MR) is 115 cm³/mol. The van der Waals surface area contributed by atoms with Crippen molar-refractivity contribution in [2.45, 2.75) is 71.2 Å². The van der Waals surface area contributed by atoms with Gasteiger partial charge in [-0.3, -0.25) is 4.79 Å². The van der Waals surface area contributed by atoms with E-state index in [1.54, 1.807) is 38.1 Å². The highest BCUT2D eigenvalue weighted by molar-refractivity contribution is 5.84. The number of hydrogen-bond donors (Lipinski definition) is 0. The maximum Gasteiger partial charge on any atom is 0.336 e. The van der Waals surface area contributed by atoms with E-state index in [1.807, 2.05) is 13.8 Å². The van der Waals surface area contributed by atoms with Crippen LogP contribution in [0.25, 0.3) is 11.0 Å². The van der Waals surface area contributed by atoms with E-state index in [9.17, 15) is 14.4 Å². The highest BCUT2D eigenvalue weighted by Gasteiger charge is 2.49. The van der Waals surface area contributed by atoms with E-state index >= 15 is 0 Å². The summed E-state index contributed by atoms with van der Waals surface area (Å²) < 4.78 is 23.1. The minimum atomic E-state index is -0.999. The maximum atomic E-state index is 12.6. The van der Waals surface area contributed by atoms with E-state index in [0.29, 0.717) is 29.5 Å². The Labute approximate surface area is 181 Å². The van der Waals surface area contributed by atoms with Gasteiger partial charge in [0, 0.05) is 23.9 Å². The minimum absolute atomic E-state index is 0.231. The molecular weight excluding hydrogens is 400 g/mol. The predicted octanol–water partition coefficient (Wildman–Crippen LogP) is 4.62. The Balaban J connectivity index is 2.12.